The van der Waals surface area contributed by atoms with Gasteiger partial charge in [-0.3, -0.25) is 33.3 Å². The Kier molecular flexibility index (Phi) is 44.5. The summed E-state index contributed by atoms with van der Waals surface area (Å²) in [5.41, 5.74) is -0.420. The molecule has 4 amide bonds. The van der Waals surface area contributed by atoms with Crippen LogP contribution in [0.25, 0.3) is 0 Å². The predicted molar refractivity (Wildman–Crippen MR) is 280 cm³/mol. The number of carbonyl (C=O) groups is 6. The molecule has 2 atom stereocenters. The highest BCUT2D eigenvalue weighted by Gasteiger charge is 2.21. The third-order valence-electron chi connectivity index (χ3n) is 11.2. The van der Waals surface area contributed by atoms with Crippen LogP contribution in [0.1, 0.15) is 149 Å². The summed E-state index contributed by atoms with van der Waals surface area (Å²) in [5, 5.41) is 10.9. The topological polar surface area (TPSA) is 282 Å². The zero-order valence-electron chi connectivity index (χ0n) is 45.9. The van der Waals surface area contributed by atoms with Crippen molar-refractivity contribution in [1.82, 2.24) is 26.2 Å². The lowest BCUT2D eigenvalue weighted by Crippen LogP contribution is -2.42. The summed E-state index contributed by atoms with van der Waals surface area (Å²) < 4.78 is 75.0. The average molecular weight is 1080 g/mol. The number of esters is 2. The van der Waals surface area contributed by atoms with Gasteiger partial charge < -0.3 is 64.1 Å². The van der Waals surface area contributed by atoms with Crippen LogP contribution in [0.2, 0.25) is 0 Å². The largest absolute Gasteiger partial charge is 0.469 e. The van der Waals surface area contributed by atoms with E-state index in [1.54, 1.807) is 0 Å². The Balaban J connectivity index is 3.85. The highest BCUT2D eigenvalue weighted by molar-refractivity contribution is 7.85. The lowest BCUT2D eigenvalue weighted by atomic mass is 10.0. The first-order valence-corrected chi connectivity index (χ1v) is 28.4. The molecule has 434 valence electrons. The van der Waals surface area contributed by atoms with E-state index in [9.17, 15) is 41.7 Å². The molecule has 0 rings (SSSR count). The summed E-state index contributed by atoms with van der Waals surface area (Å²) in [4.78, 5) is 74.1. The molecule has 2 unspecified atom stereocenters. The van der Waals surface area contributed by atoms with Gasteiger partial charge >= 0.3 is 11.9 Å². The Bertz CT molecular complexity index is 1590. The molecular weight excluding hydrogens is 987 g/mol. The van der Waals surface area contributed by atoms with Gasteiger partial charge in [0, 0.05) is 57.6 Å². The van der Waals surface area contributed by atoms with Crippen molar-refractivity contribution < 1.29 is 79.6 Å². The molecule has 0 aromatic rings. The van der Waals surface area contributed by atoms with Crippen molar-refractivity contribution in [2.24, 2.45) is 0 Å². The summed E-state index contributed by atoms with van der Waals surface area (Å²) in [7, 11) is 0.792. The van der Waals surface area contributed by atoms with E-state index in [1.807, 2.05) is 39.8 Å². The molecule has 0 fully saturated rings. The molecule has 0 bridgehead atoms. The van der Waals surface area contributed by atoms with E-state index < -0.39 is 27.5 Å². The van der Waals surface area contributed by atoms with Gasteiger partial charge in [-0.2, -0.15) is 8.42 Å². The summed E-state index contributed by atoms with van der Waals surface area (Å²) >= 11 is 0. The van der Waals surface area contributed by atoms with Gasteiger partial charge in [0.05, 0.1) is 78.7 Å². The number of rotatable bonds is 51. The Hall–Kier alpha value is -3.55. The van der Waals surface area contributed by atoms with Crippen LogP contribution in [0.3, 0.4) is 0 Å². The van der Waals surface area contributed by atoms with E-state index in [-0.39, 0.29) is 140 Å². The van der Waals surface area contributed by atoms with Gasteiger partial charge in [-0.25, -0.2) is 0 Å². The number of hydrogen-bond acceptors (Lipinski definition) is 17. The first kappa shape index (κ1) is 70.5. The number of methoxy groups -OCH3 is 1. The fourth-order valence-electron chi connectivity index (χ4n) is 7.18. The summed E-state index contributed by atoms with van der Waals surface area (Å²) in [6.07, 6.45) is 16.8. The highest BCUT2D eigenvalue weighted by Crippen LogP contribution is 2.15. The molecule has 0 heterocycles. The van der Waals surface area contributed by atoms with E-state index in [0.29, 0.717) is 45.6 Å². The van der Waals surface area contributed by atoms with Gasteiger partial charge in [-0.15, -0.1) is 0 Å². The fourth-order valence-corrected chi connectivity index (χ4v) is 7.94. The smallest absolute Gasteiger partial charge is 0.307 e. The van der Waals surface area contributed by atoms with Gasteiger partial charge in [0.2, 0.25) is 23.6 Å². The lowest BCUT2D eigenvalue weighted by molar-refractivity contribution is -0.155. The van der Waals surface area contributed by atoms with Crippen LogP contribution >= 0.6 is 0 Å². The molecule has 0 aliphatic carbocycles. The Morgan fingerprint density at radius 2 is 0.946 bits per heavy atom. The normalized spacial score (nSPS) is 12.5. The zero-order valence-corrected chi connectivity index (χ0v) is 46.8. The minimum Gasteiger partial charge on any atom is -0.469 e. The number of ether oxygens (including phenoxy) is 8. The Morgan fingerprint density at radius 3 is 1.43 bits per heavy atom. The molecule has 0 saturated heterocycles. The summed E-state index contributed by atoms with van der Waals surface area (Å²) in [6, 6.07) is -0.848. The van der Waals surface area contributed by atoms with E-state index in [1.165, 1.54) is 45.6 Å². The SMILES string of the molecule is COC(=O)CCOCCOCCC(CNC(=O)COCCOCCNC(=O)COCCOCCNC(=O)CCC(CS(=O)(=O)O)NC(=O)CCCCCCCCCCCCCCCCC(=O)OC(C)(C)C)N(C)C. The third-order valence-corrected chi connectivity index (χ3v) is 12.0. The minimum atomic E-state index is -4.38. The molecule has 23 heteroatoms. The maximum atomic E-state index is 12.6. The monoisotopic (exact) mass is 1080 g/mol. The zero-order chi connectivity index (χ0) is 55.1. The predicted octanol–water partition coefficient (Wildman–Crippen LogP) is 4.05. The number of nitrogens with one attached hydrogen (secondary N) is 4. The van der Waals surface area contributed by atoms with Crippen molar-refractivity contribution in [2.45, 2.75) is 167 Å². The van der Waals surface area contributed by atoms with Crippen LogP contribution in [-0.2, 0) is 76.8 Å². The molecule has 5 N–H and O–H groups in total. The summed E-state index contributed by atoms with van der Waals surface area (Å²) in [5.74, 6) is -2.39. The minimum absolute atomic E-state index is 0.0322. The van der Waals surface area contributed by atoms with Crippen LogP contribution in [0.15, 0.2) is 0 Å². The number of hydrogen-bond donors (Lipinski definition) is 5. The van der Waals surface area contributed by atoms with Gasteiger partial charge in [0.15, 0.2) is 0 Å². The molecule has 74 heavy (non-hydrogen) atoms. The Labute approximate surface area is 442 Å². The van der Waals surface area contributed by atoms with Crippen LogP contribution in [0.4, 0.5) is 0 Å². The first-order chi connectivity index (χ1) is 35.3. The van der Waals surface area contributed by atoms with Crippen LogP contribution in [-0.4, -0.2) is 197 Å². The molecule has 0 radical (unpaired) electrons. The quantitative estimate of drug-likeness (QED) is 0.0326. The standard InChI is InChI=1S/C51H97N5O17S/c1-51(2,3)73-50(62)22-20-18-16-14-12-10-8-7-9-11-13-15-17-19-21-46(58)55-43(42-74(63,64)65)23-24-45(57)52-27-31-69-35-37-71-40-47(59)53-28-32-70-36-38-72-41-48(60)54-39-44(56(4)5)25-29-67-33-34-68-30-26-49(61)66-6/h43-44H,7-42H2,1-6H3,(H,52,57)(H,53,59)(H,54,60)(H,55,58)(H,63,64,65). The maximum Gasteiger partial charge on any atom is 0.307 e. The van der Waals surface area contributed by atoms with E-state index in [0.717, 1.165) is 44.9 Å². The lowest BCUT2D eigenvalue weighted by Gasteiger charge is -2.24. The van der Waals surface area contributed by atoms with E-state index in [4.69, 9.17) is 33.2 Å². The van der Waals surface area contributed by atoms with Crippen molar-refractivity contribution in [3.05, 3.63) is 0 Å². The molecule has 0 spiro atoms. The molecule has 0 aromatic carbocycles. The highest BCUT2D eigenvalue weighted by atomic mass is 32.2. The first-order valence-electron chi connectivity index (χ1n) is 26.8. The number of amides is 4. The molecule has 0 saturated carbocycles. The Morgan fingerprint density at radius 1 is 0.500 bits per heavy atom. The molecule has 22 nitrogen and oxygen atoms in total. The number of unbranched alkanes of at least 4 members (excludes halogenated alkanes) is 13. The summed E-state index contributed by atoms with van der Waals surface area (Å²) in [6.45, 7) is 8.94. The number of nitrogens with zero attached hydrogens (tertiary/aromatic N) is 1. The van der Waals surface area contributed by atoms with Crippen molar-refractivity contribution >= 4 is 45.7 Å². The number of carbonyl (C=O) groups excluding carboxylic acids is 6. The van der Waals surface area contributed by atoms with Gasteiger partial charge in [-0.1, -0.05) is 77.0 Å². The molecular formula is C51H97N5O17S. The number of likely N-dealkylation sites (N-methyl/N-ethyl adjacent to an activating group) is 1. The molecule has 0 aliphatic heterocycles. The molecule has 0 aromatic heterocycles. The van der Waals surface area contributed by atoms with Crippen LogP contribution in [0.5, 0.6) is 0 Å². The van der Waals surface area contributed by atoms with Crippen molar-refractivity contribution in [1.29, 1.82) is 0 Å². The third kappa shape index (κ3) is 50.6. The molecule has 0 aliphatic rings. The van der Waals surface area contributed by atoms with Crippen molar-refractivity contribution in [3.8, 4) is 0 Å². The second-order valence-corrected chi connectivity index (χ2v) is 20.9. The van der Waals surface area contributed by atoms with Gasteiger partial charge in [0.1, 0.15) is 18.8 Å². The van der Waals surface area contributed by atoms with Gasteiger partial charge in [-0.05, 0) is 60.5 Å². The van der Waals surface area contributed by atoms with Crippen LogP contribution in [0, 0.1) is 0 Å². The fraction of sp³-hybridized carbons (Fsp3) is 0.882. The maximum absolute atomic E-state index is 12.6. The average Bonchev–Trinajstić information content (AvgIpc) is 3.32. The second kappa shape index (κ2) is 46.7. The van der Waals surface area contributed by atoms with Crippen molar-refractivity contribution in [3.63, 3.8) is 0 Å². The van der Waals surface area contributed by atoms with Gasteiger partial charge in [0.25, 0.3) is 10.1 Å². The van der Waals surface area contributed by atoms with E-state index >= 15 is 0 Å². The van der Waals surface area contributed by atoms with Crippen molar-refractivity contribution in [2.75, 3.05) is 126 Å². The van der Waals surface area contributed by atoms with E-state index in [2.05, 4.69) is 26.0 Å². The van der Waals surface area contributed by atoms with Crippen LogP contribution < -0.4 is 21.3 Å². The second-order valence-electron chi connectivity index (χ2n) is 19.4.